The Bertz CT molecular complexity index is 1090. The molecule has 0 unspecified atom stereocenters. The molecule has 0 aromatic rings. The Kier molecular flexibility index (Phi) is 62.1. The highest BCUT2D eigenvalue weighted by Crippen LogP contribution is 2.15. The van der Waals surface area contributed by atoms with Crippen LogP contribution in [0.2, 0.25) is 0 Å². The van der Waals surface area contributed by atoms with E-state index in [-0.39, 0.29) is 23.9 Å². The molecule has 0 aliphatic carbocycles. The SMILES string of the molecule is CCCCCCCCCCCCOC(=O)CCN(CCCCCNCCN(CCC(=O)OCCCCCCCCCCCC)CCC(=O)OCCCCCCCCCCCC)CCC(=O)OCCCCCCCCCCCC. The lowest BCUT2D eigenvalue weighted by atomic mass is 10.1. The first kappa shape index (κ1) is 75.8. The molecular weight excluding hydrogens is 975 g/mol. The molecule has 0 saturated heterocycles. The van der Waals surface area contributed by atoms with Crippen LogP contribution in [-0.2, 0) is 38.1 Å². The van der Waals surface area contributed by atoms with E-state index < -0.39 is 0 Å². The van der Waals surface area contributed by atoms with Crippen molar-refractivity contribution in [3.63, 3.8) is 0 Å². The standard InChI is InChI=1S/C67H131N3O8/c1-5-9-13-17-21-25-29-33-37-44-60-75-64(71)48-55-69(56-49-65(72)76-61-45-38-34-30-26-22-18-14-10-6-2)54-43-41-42-52-68-53-59-70(57-50-66(73)77-62-46-39-35-31-27-23-19-15-11-7-3)58-51-67(74)78-63-47-40-36-32-28-24-20-16-12-8-4/h68H,5-63H2,1-4H3. The average molecular weight is 1110 g/mol. The number of ether oxygens (including phenoxy) is 4. The van der Waals surface area contributed by atoms with Crippen molar-refractivity contribution in [1.82, 2.24) is 15.1 Å². The van der Waals surface area contributed by atoms with E-state index in [1.807, 2.05) is 0 Å². The molecular formula is C67H131N3O8. The number of hydrogen-bond acceptors (Lipinski definition) is 11. The monoisotopic (exact) mass is 1110 g/mol. The number of rotatable bonds is 65. The van der Waals surface area contributed by atoms with Crippen LogP contribution in [0.5, 0.6) is 0 Å². The molecule has 0 aromatic heterocycles. The molecule has 0 aliphatic rings. The fraction of sp³-hybridized carbons (Fsp3) is 0.940. The fourth-order valence-electron chi connectivity index (χ4n) is 10.2. The molecule has 0 atom stereocenters. The molecule has 78 heavy (non-hydrogen) atoms. The van der Waals surface area contributed by atoms with Gasteiger partial charge in [-0.2, -0.15) is 0 Å². The lowest BCUT2D eigenvalue weighted by Crippen LogP contribution is -2.36. The van der Waals surface area contributed by atoms with Crippen LogP contribution in [0, 0.1) is 0 Å². The summed E-state index contributed by atoms with van der Waals surface area (Å²) >= 11 is 0. The summed E-state index contributed by atoms with van der Waals surface area (Å²) in [5.41, 5.74) is 0. The fourth-order valence-corrected chi connectivity index (χ4v) is 10.2. The zero-order valence-corrected chi connectivity index (χ0v) is 52.4. The van der Waals surface area contributed by atoms with Gasteiger partial charge in [0, 0.05) is 39.3 Å². The van der Waals surface area contributed by atoms with Gasteiger partial charge in [-0.05, 0) is 51.6 Å². The van der Waals surface area contributed by atoms with Crippen LogP contribution in [0.4, 0.5) is 0 Å². The number of nitrogens with zero attached hydrogens (tertiary/aromatic N) is 2. The Morgan fingerprint density at radius 2 is 0.462 bits per heavy atom. The Balaban J connectivity index is 4.88. The maximum absolute atomic E-state index is 12.8. The van der Waals surface area contributed by atoms with Crippen molar-refractivity contribution in [3.05, 3.63) is 0 Å². The van der Waals surface area contributed by atoms with Crippen molar-refractivity contribution in [1.29, 1.82) is 0 Å². The van der Waals surface area contributed by atoms with Gasteiger partial charge in [0.1, 0.15) is 0 Å². The highest BCUT2D eigenvalue weighted by Gasteiger charge is 2.15. The number of unbranched alkanes of at least 4 members (excludes halogenated alkanes) is 38. The third-order valence-corrected chi connectivity index (χ3v) is 15.5. The summed E-state index contributed by atoms with van der Waals surface area (Å²) in [5.74, 6) is -0.631. The first-order chi connectivity index (χ1) is 38.4. The molecule has 0 bridgehead atoms. The van der Waals surface area contributed by atoms with E-state index in [1.54, 1.807) is 0 Å². The molecule has 0 saturated carbocycles. The van der Waals surface area contributed by atoms with Gasteiger partial charge in [0.05, 0.1) is 52.1 Å². The smallest absolute Gasteiger partial charge is 0.307 e. The van der Waals surface area contributed by atoms with E-state index in [0.29, 0.717) is 78.3 Å². The van der Waals surface area contributed by atoms with Crippen LogP contribution in [-0.4, -0.2) is 112 Å². The Hall–Kier alpha value is -2.24. The molecule has 11 nitrogen and oxygen atoms in total. The summed E-state index contributed by atoms with van der Waals surface area (Å²) < 4.78 is 22.5. The third kappa shape index (κ3) is 59.9. The molecule has 0 amide bonds. The minimum absolute atomic E-state index is 0.153. The van der Waals surface area contributed by atoms with Gasteiger partial charge in [0.15, 0.2) is 0 Å². The number of esters is 4. The van der Waals surface area contributed by atoms with Crippen LogP contribution in [0.1, 0.15) is 329 Å². The maximum atomic E-state index is 12.8. The number of hydrogen-bond donors (Lipinski definition) is 1. The van der Waals surface area contributed by atoms with E-state index in [9.17, 15) is 19.2 Å². The van der Waals surface area contributed by atoms with Crippen molar-refractivity contribution in [2.24, 2.45) is 0 Å². The summed E-state index contributed by atoms with van der Waals surface area (Å²) in [7, 11) is 0. The van der Waals surface area contributed by atoms with Gasteiger partial charge in [-0.25, -0.2) is 0 Å². The molecule has 1 N–H and O–H groups in total. The second kappa shape index (κ2) is 63.9. The highest BCUT2D eigenvalue weighted by atomic mass is 16.5. The minimum Gasteiger partial charge on any atom is -0.466 e. The zero-order chi connectivity index (χ0) is 56.7. The highest BCUT2D eigenvalue weighted by molar-refractivity contribution is 5.71. The van der Waals surface area contributed by atoms with Gasteiger partial charge >= 0.3 is 23.9 Å². The predicted molar refractivity (Wildman–Crippen MR) is 329 cm³/mol. The predicted octanol–water partition coefficient (Wildman–Crippen LogP) is 17.8. The van der Waals surface area contributed by atoms with Crippen LogP contribution in [0.25, 0.3) is 0 Å². The molecule has 0 spiro atoms. The molecule has 0 radical (unpaired) electrons. The first-order valence-electron chi connectivity index (χ1n) is 34.1. The van der Waals surface area contributed by atoms with Crippen molar-refractivity contribution in [2.75, 3.05) is 78.8 Å². The number of carbonyl (C=O) groups is 4. The van der Waals surface area contributed by atoms with Gasteiger partial charge < -0.3 is 34.1 Å². The van der Waals surface area contributed by atoms with Crippen molar-refractivity contribution in [2.45, 2.75) is 329 Å². The minimum atomic E-state index is -0.163. The lowest BCUT2D eigenvalue weighted by Gasteiger charge is -2.22. The molecule has 0 heterocycles. The number of nitrogens with one attached hydrogen (secondary N) is 1. The maximum Gasteiger partial charge on any atom is 0.307 e. The largest absolute Gasteiger partial charge is 0.466 e. The molecule has 0 rings (SSSR count). The Morgan fingerprint density at radius 1 is 0.244 bits per heavy atom. The quantitative estimate of drug-likeness (QED) is 0.0356. The van der Waals surface area contributed by atoms with E-state index in [1.165, 1.54) is 205 Å². The van der Waals surface area contributed by atoms with Crippen molar-refractivity contribution in [3.8, 4) is 0 Å². The summed E-state index contributed by atoms with van der Waals surface area (Å²) in [6.45, 7) is 16.4. The average Bonchev–Trinajstić information content (AvgIpc) is 3.44. The van der Waals surface area contributed by atoms with E-state index in [2.05, 4.69) is 42.8 Å². The second-order valence-electron chi connectivity index (χ2n) is 23.1. The van der Waals surface area contributed by atoms with Gasteiger partial charge in [-0.15, -0.1) is 0 Å². The zero-order valence-electron chi connectivity index (χ0n) is 52.4. The normalized spacial score (nSPS) is 11.5. The van der Waals surface area contributed by atoms with Gasteiger partial charge in [-0.1, -0.05) is 265 Å². The second-order valence-corrected chi connectivity index (χ2v) is 23.1. The van der Waals surface area contributed by atoms with Crippen LogP contribution < -0.4 is 5.32 Å². The van der Waals surface area contributed by atoms with Gasteiger partial charge in [-0.3, -0.25) is 19.2 Å². The molecule has 0 aromatic carbocycles. The van der Waals surface area contributed by atoms with Crippen molar-refractivity contribution >= 4 is 23.9 Å². The van der Waals surface area contributed by atoms with E-state index in [4.69, 9.17) is 18.9 Å². The van der Waals surface area contributed by atoms with Gasteiger partial charge in [0.25, 0.3) is 0 Å². The Labute approximate surface area is 483 Å². The molecule has 11 heteroatoms. The van der Waals surface area contributed by atoms with Gasteiger partial charge in [0.2, 0.25) is 0 Å². The summed E-state index contributed by atoms with van der Waals surface area (Å²) in [5, 5.41) is 3.60. The molecule has 0 fully saturated rings. The molecule has 462 valence electrons. The summed E-state index contributed by atoms with van der Waals surface area (Å²) in [4.78, 5) is 55.6. The summed E-state index contributed by atoms with van der Waals surface area (Å²) in [6.07, 6.45) is 54.2. The van der Waals surface area contributed by atoms with Crippen molar-refractivity contribution < 1.29 is 38.1 Å². The number of carbonyl (C=O) groups excluding carboxylic acids is 4. The topological polar surface area (TPSA) is 124 Å². The first-order valence-corrected chi connectivity index (χ1v) is 34.1. The summed E-state index contributed by atoms with van der Waals surface area (Å²) in [6, 6.07) is 0. The van der Waals surface area contributed by atoms with E-state index >= 15 is 0 Å². The van der Waals surface area contributed by atoms with Crippen LogP contribution in [0.15, 0.2) is 0 Å². The Morgan fingerprint density at radius 3 is 0.718 bits per heavy atom. The lowest BCUT2D eigenvalue weighted by molar-refractivity contribution is -0.146. The molecule has 0 aliphatic heterocycles. The van der Waals surface area contributed by atoms with E-state index in [0.717, 1.165) is 96.8 Å². The third-order valence-electron chi connectivity index (χ3n) is 15.5. The van der Waals surface area contributed by atoms with Crippen LogP contribution in [0.3, 0.4) is 0 Å². The van der Waals surface area contributed by atoms with Crippen LogP contribution >= 0.6 is 0 Å².